The van der Waals surface area contributed by atoms with Gasteiger partial charge in [-0.25, -0.2) is 4.79 Å². The lowest BCUT2D eigenvalue weighted by Crippen LogP contribution is -2.15. The Kier molecular flexibility index (Phi) is 2.95. The highest BCUT2D eigenvalue weighted by Gasteiger charge is 2.20. The van der Waals surface area contributed by atoms with Gasteiger partial charge in [0.15, 0.2) is 0 Å². The molecule has 0 bridgehead atoms. The van der Waals surface area contributed by atoms with E-state index in [0.29, 0.717) is 0 Å². The van der Waals surface area contributed by atoms with Gasteiger partial charge >= 0.3 is 5.97 Å². The van der Waals surface area contributed by atoms with E-state index in [1.807, 2.05) is 26.0 Å². The highest BCUT2D eigenvalue weighted by atomic mass is 16.5. The maximum absolute atomic E-state index is 11.8. The standard InChI is InChI=1S/C14H15NO3/c1-8-5-6-9(2)13-11(8)7-12(14(17)18-4)15(13)10(3)16/h5-7H,1-4H3. The Balaban J connectivity index is 2.93. The van der Waals surface area contributed by atoms with Gasteiger partial charge < -0.3 is 4.74 Å². The molecule has 0 saturated heterocycles. The first-order valence-electron chi connectivity index (χ1n) is 5.68. The monoisotopic (exact) mass is 245 g/mol. The summed E-state index contributed by atoms with van der Waals surface area (Å²) in [7, 11) is 1.31. The van der Waals surface area contributed by atoms with E-state index in [1.54, 1.807) is 6.07 Å². The number of aryl methyl sites for hydroxylation is 2. The first-order valence-corrected chi connectivity index (χ1v) is 5.68. The number of ether oxygens (including phenoxy) is 1. The normalized spacial score (nSPS) is 10.7. The van der Waals surface area contributed by atoms with Gasteiger partial charge in [-0.05, 0) is 31.0 Å². The van der Waals surface area contributed by atoms with Crippen molar-refractivity contribution >= 4 is 22.8 Å². The molecule has 0 aliphatic rings. The third kappa shape index (κ3) is 1.70. The lowest BCUT2D eigenvalue weighted by atomic mass is 10.1. The molecule has 4 nitrogen and oxygen atoms in total. The van der Waals surface area contributed by atoms with Crippen LogP contribution in [0.25, 0.3) is 10.9 Å². The van der Waals surface area contributed by atoms with Crippen molar-refractivity contribution in [1.82, 2.24) is 4.57 Å². The lowest BCUT2D eigenvalue weighted by molar-refractivity contribution is 0.0583. The van der Waals surface area contributed by atoms with Gasteiger partial charge in [-0.15, -0.1) is 0 Å². The van der Waals surface area contributed by atoms with Gasteiger partial charge in [-0.3, -0.25) is 9.36 Å². The molecule has 18 heavy (non-hydrogen) atoms. The Hall–Kier alpha value is -2.10. The highest BCUT2D eigenvalue weighted by Crippen LogP contribution is 2.26. The number of fused-ring (bicyclic) bond motifs is 1. The van der Waals surface area contributed by atoms with Gasteiger partial charge in [0.1, 0.15) is 5.69 Å². The van der Waals surface area contributed by atoms with Crippen molar-refractivity contribution in [2.24, 2.45) is 0 Å². The summed E-state index contributed by atoms with van der Waals surface area (Å²) in [6, 6.07) is 5.63. The van der Waals surface area contributed by atoms with E-state index in [1.165, 1.54) is 18.6 Å². The molecule has 1 aromatic carbocycles. The Labute approximate surface area is 105 Å². The van der Waals surface area contributed by atoms with Crippen LogP contribution in [0.15, 0.2) is 18.2 Å². The van der Waals surface area contributed by atoms with Crippen molar-refractivity contribution in [3.63, 3.8) is 0 Å². The number of hydrogen-bond acceptors (Lipinski definition) is 3. The van der Waals surface area contributed by atoms with Gasteiger partial charge in [-0.1, -0.05) is 12.1 Å². The minimum atomic E-state index is -0.500. The zero-order valence-electron chi connectivity index (χ0n) is 10.9. The molecule has 94 valence electrons. The molecule has 4 heteroatoms. The zero-order chi connectivity index (χ0) is 13.4. The van der Waals surface area contributed by atoms with Gasteiger partial charge in [-0.2, -0.15) is 0 Å². The maximum Gasteiger partial charge on any atom is 0.355 e. The summed E-state index contributed by atoms with van der Waals surface area (Å²) >= 11 is 0. The van der Waals surface area contributed by atoms with E-state index in [4.69, 9.17) is 4.74 Å². The number of nitrogens with zero attached hydrogens (tertiary/aromatic N) is 1. The second kappa shape index (κ2) is 4.29. The molecule has 0 unspecified atom stereocenters. The van der Waals surface area contributed by atoms with Crippen LogP contribution in [0.2, 0.25) is 0 Å². The Bertz CT molecular complexity index is 653. The summed E-state index contributed by atoms with van der Waals surface area (Å²) in [5, 5.41) is 0.908. The fourth-order valence-electron chi connectivity index (χ4n) is 2.20. The molecule has 0 aliphatic heterocycles. The van der Waals surface area contributed by atoms with Crippen LogP contribution < -0.4 is 0 Å². The fourth-order valence-corrected chi connectivity index (χ4v) is 2.20. The first-order chi connectivity index (χ1) is 8.47. The highest BCUT2D eigenvalue weighted by molar-refractivity contribution is 6.04. The molecule has 1 aromatic heterocycles. The predicted octanol–water partition coefficient (Wildman–Crippen LogP) is 2.70. The van der Waals surface area contributed by atoms with Gasteiger partial charge in [0.25, 0.3) is 0 Å². The number of benzene rings is 1. The lowest BCUT2D eigenvalue weighted by Gasteiger charge is -2.07. The number of esters is 1. The summed E-state index contributed by atoms with van der Waals surface area (Å²) in [6.07, 6.45) is 0. The molecular weight excluding hydrogens is 230 g/mol. The third-order valence-electron chi connectivity index (χ3n) is 3.09. The van der Waals surface area contributed by atoms with E-state index in [9.17, 15) is 9.59 Å². The second-order valence-electron chi connectivity index (χ2n) is 4.34. The molecule has 0 saturated carbocycles. The van der Waals surface area contributed by atoms with Crippen LogP contribution in [0.1, 0.15) is 33.3 Å². The quantitative estimate of drug-likeness (QED) is 0.726. The van der Waals surface area contributed by atoms with Crippen molar-refractivity contribution in [2.75, 3.05) is 7.11 Å². The maximum atomic E-state index is 11.8. The van der Waals surface area contributed by atoms with E-state index in [0.717, 1.165) is 22.0 Å². The molecule has 0 N–H and O–H groups in total. The van der Waals surface area contributed by atoms with Crippen LogP contribution in [0.4, 0.5) is 0 Å². The van der Waals surface area contributed by atoms with Crippen LogP contribution in [-0.4, -0.2) is 23.6 Å². The average Bonchev–Trinajstić information content (AvgIpc) is 2.74. The average molecular weight is 245 g/mol. The molecule has 0 atom stereocenters. The number of carbonyl (C=O) groups excluding carboxylic acids is 2. The molecule has 0 fully saturated rings. The molecule has 0 amide bonds. The largest absolute Gasteiger partial charge is 0.464 e. The molecule has 0 radical (unpaired) electrons. The van der Waals surface area contributed by atoms with Gasteiger partial charge in [0.2, 0.25) is 5.91 Å². The second-order valence-corrected chi connectivity index (χ2v) is 4.34. The summed E-state index contributed by atoms with van der Waals surface area (Å²) in [6.45, 7) is 5.31. The topological polar surface area (TPSA) is 48.3 Å². The van der Waals surface area contributed by atoms with E-state index >= 15 is 0 Å². The first kappa shape index (κ1) is 12.4. The van der Waals surface area contributed by atoms with Crippen molar-refractivity contribution in [1.29, 1.82) is 0 Å². The van der Waals surface area contributed by atoms with Crippen LogP contribution in [-0.2, 0) is 4.74 Å². The minimum absolute atomic E-state index is 0.195. The summed E-state index contributed by atoms with van der Waals surface area (Å²) < 4.78 is 6.14. The Morgan fingerprint density at radius 3 is 2.33 bits per heavy atom. The number of hydrogen-bond donors (Lipinski definition) is 0. The van der Waals surface area contributed by atoms with Crippen molar-refractivity contribution in [3.8, 4) is 0 Å². The molecule has 0 aliphatic carbocycles. The Morgan fingerprint density at radius 1 is 1.17 bits per heavy atom. The van der Waals surface area contributed by atoms with E-state index in [2.05, 4.69) is 0 Å². The molecular formula is C14H15NO3. The van der Waals surface area contributed by atoms with Crippen molar-refractivity contribution in [2.45, 2.75) is 20.8 Å². The number of carbonyl (C=O) groups is 2. The third-order valence-corrected chi connectivity index (χ3v) is 3.09. The Morgan fingerprint density at radius 2 is 1.78 bits per heavy atom. The predicted molar refractivity (Wildman–Crippen MR) is 69.1 cm³/mol. The van der Waals surface area contributed by atoms with Crippen LogP contribution in [0.5, 0.6) is 0 Å². The van der Waals surface area contributed by atoms with Gasteiger partial charge in [0.05, 0.1) is 12.6 Å². The van der Waals surface area contributed by atoms with E-state index < -0.39 is 5.97 Å². The summed E-state index contributed by atoms with van der Waals surface area (Å²) in [5.41, 5.74) is 3.04. The smallest absolute Gasteiger partial charge is 0.355 e. The van der Waals surface area contributed by atoms with E-state index in [-0.39, 0.29) is 11.6 Å². The summed E-state index contributed by atoms with van der Waals surface area (Å²) in [5.74, 6) is -0.695. The number of methoxy groups -OCH3 is 1. The minimum Gasteiger partial charge on any atom is -0.464 e. The number of rotatable bonds is 1. The number of aromatic nitrogens is 1. The summed E-state index contributed by atoms with van der Waals surface area (Å²) in [4.78, 5) is 23.5. The SMILES string of the molecule is COC(=O)c1cc2c(C)ccc(C)c2n1C(C)=O. The van der Waals surface area contributed by atoms with Crippen LogP contribution in [0, 0.1) is 13.8 Å². The molecule has 2 rings (SSSR count). The zero-order valence-corrected chi connectivity index (χ0v) is 10.9. The van der Waals surface area contributed by atoms with Gasteiger partial charge in [0, 0.05) is 12.3 Å². The van der Waals surface area contributed by atoms with Crippen molar-refractivity contribution in [3.05, 3.63) is 35.0 Å². The van der Waals surface area contributed by atoms with Crippen LogP contribution in [0.3, 0.4) is 0 Å². The van der Waals surface area contributed by atoms with Crippen molar-refractivity contribution < 1.29 is 14.3 Å². The molecule has 1 heterocycles. The molecule has 2 aromatic rings. The van der Waals surface area contributed by atoms with Crippen LogP contribution >= 0.6 is 0 Å². The molecule has 0 spiro atoms. The fraction of sp³-hybridized carbons (Fsp3) is 0.286.